The number of hydrogen-bond donors (Lipinski definition) is 0. The van der Waals surface area contributed by atoms with E-state index in [1.807, 2.05) is 18.3 Å². The molecule has 0 spiro atoms. The average Bonchev–Trinajstić information content (AvgIpc) is 2.30. The van der Waals surface area contributed by atoms with Crippen molar-refractivity contribution in [2.75, 3.05) is 0 Å². The fourth-order valence-corrected chi connectivity index (χ4v) is 1.74. The molecule has 1 heterocycles. The summed E-state index contributed by atoms with van der Waals surface area (Å²) in [6, 6.07) is 10.2. The summed E-state index contributed by atoms with van der Waals surface area (Å²) < 4.78 is 0. The van der Waals surface area contributed by atoms with Crippen molar-refractivity contribution < 1.29 is 4.79 Å². The van der Waals surface area contributed by atoms with Gasteiger partial charge in [-0.05, 0) is 24.5 Å². The molecule has 0 unspecified atom stereocenters. The maximum Gasteiger partial charge on any atom is 0.120 e. The van der Waals surface area contributed by atoms with Crippen molar-refractivity contribution in [2.45, 2.75) is 19.3 Å². The molecular formula is C13H13NO. The highest BCUT2D eigenvalue weighted by Gasteiger charge is 2.00. The van der Waals surface area contributed by atoms with Gasteiger partial charge in [0.05, 0.1) is 5.52 Å². The summed E-state index contributed by atoms with van der Waals surface area (Å²) in [5, 5.41) is 1.17. The van der Waals surface area contributed by atoms with Gasteiger partial charge in [0.2, 0.25) is 0 Å². The standard InChI is InChI=1S/C13H13NO/c15-10-2-1-5-11-6-3-7-12-8-4-9-14-13(11)12/h3-4,6-10H,1-2,5H2. The summed E-state index contributed by atoms with van der Waals surface area (Å²) in [5.74, 6) is 0. The second kappa shape index (κ2) is 4.69. The predicted molar refractivity (Wildman–Crippen MR) is 60.7 cm³/mol. The minimum atomic E-state index is 0.628. The summed E-state index contributed by atoms with van der Waals surface area (Å²) in [5.41, 5.74) is 2.29. The third-order valence-corrected chi connectivity index (χ3v) is 2.48. The molecule has 0 saturated heterocycles. The van der Waals surface area contributed by atoms with Crippen molar-refractivity contribution in [2.24, 2.45) is 0 Å². The van der Waals surface area contributed by atoms with Gasteiger partial charge in [0, 0.05) is 18.0 Å². The largest absolute Gasteiger partial charge is 0.303 e. The van der Waals surface area contributed by atoms with Gasteiger partial charge in [0.15, 0.2) is 0 Å². The Kier molecular flexibility index (Phi) is 3.08. The van der Waals surface area contributed by atoms with Crippen LogP contribution in [0, 0.1) is 0 Å². The lowest BCUT2D eigenvalue weighted by molar-refractivity contribution is -0.107. The van der Waals surface area contributed by atoms with Crippen molar-refractivity contribution >= 4 is 17.2 Å². The molecule has 2 heteroatoms. The van der Waals surface area contributed by atoms with E-state index in [4.69, 9.17) is 0 Å². The molecule has 1 aromatic heterocycles. The van der Waals surface area contributed by atoms with E-state index in [2.05, 4.69) is 23.2 Å². The first kappa shape index (κ1) is 9.84. The SMILES string of the molecule is O=CCCCc1cccc2cccnc12. The Morgan fingerprint density at radius 2 is 2.07 bits per heavy atom. The Morgan fingerprint density at radius 1 is 1.20 bits per heavy atom. The van der Waals surface area contributed by atoms with Gasteiger partial charge < -0.3 is 4.79 Å². The van der Waals surface area contributed by atoms with Gasteiger partial charge in [-0.15, -0.1) is 0 Å². The number of aryl methyl sites for hydroxylation is 1. The number of pyridine rings is 1. The summed E-state index contributed by atoms with van der Waals surface area (Å²) >= 11 is 0. The number of aldehydes is 1. The fraction of sp³-hybridized carbons (Fsp3) is 0.231. The molecule has 0 N–H and O–H groups in total. The van der Waals surface area contributed by atoms with Crippen LogP contribution in [0.3, 0.4) is 0 Å². The molecule has 76 valence electrons. The zero-order chi connectivity index (χ0) is 10.5. The highest BCUT2D eigenvalue weighted by atomic mass is 16.1. The van der Waals surface area contributed by atoms with E-state index in [-0.39, 0.29) is 0 Å². The first-order chi connectivity index (χ1) is 7.42. The Labute approximate surface area is 89.0 Å². The molecule has 1 aromatic carbocycles. The summed E-state index contributed by atoms with van der Waals surface area (Å²) in [6.07, 6.45) is 5.24. The molecule has 15 heavy (non-hydrogen) atoms. The van der Waals surface area contributed by atoms with Crippen molar-refractivity contribution in [3.8, 4) is 0 Å². The van der Waals surface area contributed by atoms with E-state index in [1.54, 1.807) is 0 Å². The van der Waals surface area contributed by atoms with E-state index in [0.29, 0.717) is 6.42 Å². The van der Waals surface area contributed by atoms with Gasteiger partial charge >= 0.3 is 0 Å². The second-order valence-electron chi connectivity index (χ2n) is 3.55. The summed E-state index contributed by atoms with van der Waals surface area (Å²) in [7, 11) is 0. The highest BCUT2D eigenvalue weighted by Crippen LogP contribution is 2.17. The highest BCUT2D eigenvalue weighted by molar-refractivity contribution is 5.81. The number of benzene rings is 1. The van der Waals surface area contributed by atoms with Gasteiger partial charge in [-0.25, -0.2) is 0 Å². The van der Waals surface area contributed by atoms with Crippen LogP contribution in [-0.2, 0) is 11.2 Å². The number of para-hydroxylation sites is 1. The van der Waals surface area contributed by atoms with Crippen LogP contribution in [0.1, 0.15) is 18.4 Å². The van der Waals surface area contributed by atoms with Crippen LogP contribution in [0.5, 0.6) is 0 Å². The number of aromatic nitrogens is 1. The monoisotopic (exact) mass is 199 g/mol. The van der Waals surface area contributed by atoms with Crippen molar-refractivity contribution in [3.05, 3.63) is 42.1 Å². The van der Waals surface area contributed by atoms with E-state index in [0.717, 1.165) is 24.6 Å². The molecule has 0 atom stereocenters. The lowest BCUT2D eigenvalue weighted by Crippen LogP contribution is -1.90. The number of nitrogens with zero attached hydrogens (tertiary/aromatic N) is 1. The average molecular weight is 199 g/mol. The topological polar surface area (TPSA) is 30.0 Å². The van der Waals surface area contributed by atoms with Crippen LogP contribution in [0.2, 0.25) is 0 Å². The number of hydrogen-bond acceptors (Lipinski definition) is 2. The quantitative estimate of drug-likeness (QED) is 0.559. The number of fused-ring (bicyclic) bond motifs is 1. The van der Waals surface area contributed by atoms with Crippen LogP contribution in [0.4, 0.5) is 0 Å². The van der Waals surface area contributed by atoms with Gasteiger partial charge in [0.1, 0.15) is 6.29 Å². The van der Waals surface area contributed by atoms with E-state index >= 15 is 0 Å². The van der Waals surface area contributed by atoms with Gasteiger partial charge in [-0.2, -0.15) is 0 Å². The Bertz CT molecular complexity index is 460. The minimum absolute atomic E-state index is 0.628. The summed E-state index contributed by atoms with van der Waals surface area (Å²) in [6.45, 7) is 0. The van der Waals surface area contributed by atoms with Gasteiger partial charge in [-0.3, -0.25) is 4.98 Å². The van der Waals surface area contributed by atoms with E-state index in [9.17, 15) is 4.79 Å². The van der Waals surface area contributed by atoms with Crippen LogP contribution in [-0.4, -0.2) is 11.3 Å². The number of carbonyl (C=O) groups is 1. The minimum Gasteiger partial charge on any atom is -0.303 e. The number of carbonyl (C=O) groups excluding carboxylic acids is 1. The fourth-order valence-electron chi connectivity index (χ4n) is 1.74. The maximum atomic E-state index is 10.2. The van der Waals surface area contributed by atoms with Crippen LogP contribution < -0.4 is 0 Å². The zero-order valence-electron chi connectivity index (χ0n) is 8.52. The molecular weight excluding hydrogens is 186 g/mol. The smallest absolute Gasteiger partial charge is 0.120 e. The number of unbranched alkanes of at least 4 members (excludes halogenated alkanes) is 1. The predicted octanol–water partition coefficient (Wildman–Crippen LogP) is 2.76. The van der Waals surface area contributed by atoms with Gasteiger partial charge in [0.25, 0.3) is 0 Å². The van der Waals surface area contributed by atoms with Crippen LogP contribution in [0.25, 0.3) is 10.9 Å². The van der Waals surface area contributed by atoms with Crippen molar-refractivity contribution in [1.29, 1.82) is 0 Å². The van der Waals surface area contributed by atoms with Crippen molar-refractivity contribution in [1.82, 2.24) is 4.98 Å². The molecule has 0 fully saturated rings. The molecule has 0 amide bonds. The van der Waals surface area contributed by atoms with Gasteiger partial charge in [-0.1, -0.05) is 24.3 Å². The third kappa shape index (κ3) is 2.21. The van der Waals surface area contributed by atoms with Crippen LogP contribution >= 0.6 is 0 Å². The molecule has 0 aliphatic carbocycles. The molecule has 0 radical (unpaired) electrons. The maximum absolute atomic E-state index is 10.2. The molecule has 2 aromatic rings. The first-order valence-electron chi connectivity index (χ1n) is 5.18. The lowest BCUT2D eigenvalue weighted by Gasteiger charge is -2.03. The second-order valence-corrected chi connectivity index (χ2v) is 3.55. The molecule has 0 saturated carbocycles. The molecule has 2 rings (SSSR count). The first-order valence-corrected chi connectivity index (χ1v) is 5.18. The lowest BCUT2D eigenvalue weighted by atomic mass is 10.0. The number of rotatable bonds is 4. The summed E-state index contributed by atoms with van der Waals surface area (Å²) in [4.78, 5) is 14.6. The molecule has 0 bridgehead atoms. The van der Waals surface area contributed by atoms with E-state index in [1.165, 1.54) is 10.9 Å². The molecule has 0 aliphatic rings. The zero-order valence-corrected chi connectivity index (χ0v) is 8.52. The Morgan fingerprint density at radius 3 is 2.93 bits per heavy atom. The molecule has 0 aliphatic heterocycles. The Balaban J connectivity index is 2.30. The molecule has 2 nitrogen and oxygen atoms in total. The third-order valence-electron chi connectivity index (χ3n) is 2.48. The van der Waals surface area contributed by atoms with Crippen LogP contribution in [0.15, 0.2) is 36.5 Å². The van der Waals surface area contributed by atoms with E-state index < -0.39 is 0 Å². The normalized spacial score (nSPS) is 10.4. The Hall–Kier alpha value is -1.70. The van der Waals surface area contributed by atoms with Crippen molar-refractivity contribution in [3.63, 3.8) is 0 Å².